The molecule has 0 bridgehead atoms. The maximum Gasteiger partial charge on any atom is 0.257 e. The van der Waals surface area contributed by atoms with E-state index in [0.29, 0.717) is 18.1 Å². The van der Waals surface area contributed by atoms with Gasteiger partial charge in [-0.15, -0.1) is 5.10 Å². The highest BCUT2D eigenvalue weighted by Gasteiger charge is 2.14. The molecule has 0 aliphatic carbocycles. The van der Waals surface area contributed by atoms with Gasteiger partial charge in [0.15, 0.2) is 5.03 Å². The van der Waals surface area contributed by atoms with Crippen LogP contribution in [0.1, 0.15) is 11.5 Å². The number of sulfonamides is 1. The molecule has 2 heterocycles. The van der Waals surface area contributed by atoms with E-state index in [1.54, 1.807) is 29.4 Å². The van der Waals surface area contributed by atoms with Crippen molar-refractivity contribution in [2.45, 2.75) is 18.5 Å². The SMILES string of the molecule is Cc1nc(S(N)(=O)=O)cn1Cc1cn(C)nn1. The molecule has 2 aromatic rings. The van der Waals surface area contributed by atoms with E-state index in [0.717, 1.165) is 0 Å². The highest BCUT2D eigenvalue weighted by Crippen LogP contribution is 2.08. The summed E-state index contributed by atoms with van der Waals surface area (Å²) >= 11 is 0. The Kier molecular flexibility index (Phi) is 2.71. The molecule has 8 nitrogen and oxygen atoms in total. The van der Waals surface area contributed by atoms with Gasteiger partial charge >= 0.3 is 0 Å². The number of hydrogen-bond donors (Lipinski definition) is 1. The highest BCUT2D eigenvalue weighted by atomic mass is 32.2. The van der Waals surface area contributed by atoms with Crippen LogP contribution in [0.5, 0.6) is 0 Å². The lowest BCUT2D eigenvalue weighted by Crippen LogP contribution is -2.12. The number of aromatic nitrogens is 5. The van der Waals surface area contributed by atoms with Crippen molar-refractivity contribution in [1.29, 1.82) is 0 Å². The minimum atomic E-state index is -3.76. The topological polar surface area (TPSA) is 109 Å². The second-order valence-corrected chi connectivity index (χ2v) is 5.19. The molecule has 0 saturated heterocycles. The van der Waals surface area contributed by atoms with Crippen LogP contribution in [0, 0.1) is 6.92 Å². The first kappa shape index (κ1) is 11.7. The van der Waals surface area contributed by atoms with Crippen LogP contribution in [0.15, 0.2) is 17.4 Å². The Balaban J connectivity index is 2.31. The first-order valence-corrected chi connectivity index (χ1v) is 6.32. The lowest BCUT2D eigenvalue weighted by Gasteiger charge is -1.99. The quantitative estimate of drug-likeness (QED) is 0.758. The van der Waals surface area contributed by atoms with Crippen LogP contribution < -0.4 is 5.14 Å². The van der Waals surface area contributed by atoms with Gasteiger partial charge in [0, 0.05) is 19.4 Å². The number of hydrogen-bond acceptors (Lipinski definition) is 5. The van der Waals surface area contributed by atoms with Crippen molar-refractivity contribution in [1.82, 2.24) is 24.5 Å². The molecule has 92 valence electrons. The van der Waals surface area contributed by atoms with Gasteiger partial charge < -0.3 is 4.57 Å². The molecule has 0 fully saturated rings. The summed E-state index contributed by atoms with van der Waals surface area (Å²) in [6, 6.07) is 0. The fraction of sp³-hybridized carbons (Fsp3) is 0.375. The number of nitrogens with zero attached hydrogens (tertiary/aromatic N) is 5. The van der Waals surface area contributed by atoms with Crippen LogP contribution in [-0.4, -0.2) is 33.0 Å². The number of imidazole rings is 1. The van der Waals surface area contributed by atoms with E-state index in [-0.39, 0.29) is 5.03 Å². The molecule has 0 aliphatic heterocycles. The standard InChI is InChI=1S/C8H12N6O2S/c1-6-10-8(17(9,15)16)5-14(6)4-7-3-13(2)12-11-7/h3,5H,4H2,1-2H3,(H2,9,15,16). The largest absolute Gasteiger partial charge is 0.328 e. The Bertz CT molecular complexity index is 641. The van der Waals surface area contributed by atoms with E-state index in [2.05, 4.69) is 15.3 Å². The van der Waals surface area contributed by atoms with Gasteiger partial charge in [-0.3, -0.25) is 4.68 Å². The smallest absolute Gasteiger partial charge is 0.257 e. The Hall–Kier alpha value is -1.74. The first-order chi connectivity index (χ1) is 7.86. The van der Waals surface area contributed by atoms with E-state index in [1.807, 2.05) is 0 Å². The van der Waals surface area contributed by atoms with E-state index in [1.165, 1.54) is 6.20 Å². The summed E-state index contributed by atoms with van der Waals surface area (Å²) in [6.07, 6.45) is 3.13. The van der Waals surface area contributed by atoms with Crippen LogP contribution in [-0.2, 0) is 23.6 Å². The molecule has 0 saturated carbocycles. The number of nitrogens with two attached hydrogens (primary N) is 1. The van der Waals surface area contributed by atoms with Crippen molar-refractivity contribution in [3.05, 3.63) is 23.9 Å². The fourth-order valence-electron chi connectivity index (χ4n) is 1.42. The van der Waals surface area contributed by atoms with Crippen LogP contribution in [0.3, 0.4) is 0 Å². The predicted molar refractivity (Wildman–Crippen MR) is 58.4 cm³/mol. The molecule has 0 aromatic carbocycles. The lowest BCUT2D eigenvalue weighted by molar-refractivity contribution is 0.594. The van der Waals surface area contributed by atoms with Gasteiger partial charge in [-0.25, -0.2) is 18.5 Å². The maximum absolute atomic E-state index is 11.1. The highest BCUT2D eigenvalue weighted by molar-refractivity contribution is 7.89. The van der Waals surface area contributed by atoms with Crippen molar-refractivity contribution in [2.24, 2.45) is 12.2 Å². The molecule has 2 N–H and O–H groups in total. The Morgan fingerprint density at radius 3 is 2.59 bits per heavy atom. The van der Waals surface area contributed by atoms with Gasteiger partial charge in [-0.2, -0.15) is 0 Å². The predicted octanol–water partition coefficient (Wildman–Crippen LogP) is -0.984. The molecule has 9 heteroatoms. The molecular weight excluding hydrogens is 244 g/mol. The Morgan fingerprint density at radius 2 is 2.12 bits per heavy atom. The van der Waals surface area contributed by atoms with E-state index in [9.17, 15) is 8.42 Å². The van der Waals surface area contributed by atoms with Crippen molar-refractivity contribution in [2.75, 3.05) is 0 Å². The number of primary sulfonamides is 1. The summed E-state index contributed by atoms with van der Waals surface area (Å²) in [6.45, 7) is 2.10. The normalized spacial score (nSPS) is 11.9. The van der Waals surface area contributed by atoms with Gasteiger partial charge in [0.2, 0.25) is 0 Å². The van der Waals surface area contributed by atoms with Crippen LogP contribution >= 0.6 is 0 Å². The summed E-state index contributed by atoms with van der Waals surface area (Å²) in [5, 5.41) is 12.6. The lowest BCUT2D eigenvalue weighted by atomic mass is 10.4. The molecule has 0 spiro atoms. The molecule has 0 unspecified atom stereocenters. The van der Waals surface area contributed by atoms with Crippen molar-refractivity contribution in [3.8, 4) is 0 Å². The third-order valence-electron chi connectivity index (χ3n) is 2.23. The second-order valence-electron chi connectivity index (χ2n) is 3.68. The summed E-state index contributed by atoms with van der Waals surface area (Å²) in [5.41, 5.74) is 0.717. The minimum absolute atomic E-state index is 0.140. The Labute approximate surface area is 98.1 Å². The third-order valence-corrected chi connectivity index (χ3v) is 3.01. The molecule has 2 rings (SSSR count). The van der Waals surface area contributed by atoms with E-state index in [4.69, 9.17) is 5.14 Å². The molecule has 0 aliphatic rings. The summed E-state index contributed by atoms with van der Waals surface area (Å²) in [4.78, 5) is 3.88. The molecule has 17 heavy (non-hydrogen) atoms. The molecule has 0 atom stereocenters. The van der Waals surface area contributed by atoms with Crippen molar-refractivity contribution in [3.63, 3.8) is 0 Å². The average molecular weight is 256 g/mol. The fourth-order valence-corrected chi connectivity index (χ4v) is 1.95. The summed E-state index contributed by atoms with van der Waals surface area (Å²) in [7, 11) is -2.01. The molecule has 0 radical (unpaired) electrons. The zero-order valence-corrected chi connectivity index (χ0v) is 10.2. The zero-order valence-electron chi connectivity index (χ0n) is 9.40. The van der Waals surface area contributed by atoms with Crippen LogP contribution in [0.2, 0.25) is 0 Å². The van der Waals surface area contributed by atoms with Gasteiger partial charge in [0.1, 0.15) is 11.5 Å². The maximum atomic E-state index is 11.1. The summed E-state index contributed by atoms with van der Waals surface area (Å²) in [5.74, 6) is 0.555. The van der Waals surface area contributed by atoms with Gasteiger partial charge in [-0.1, -0.05) is 5.21 Å². The van der Waals surface area contributed by atoms with Gasteiger partial charge in [0.25, 0.3) is 10.0 Å². The minimum Gasteiger partial charge on any atom is -0.328 e. The zero-order chi connectivity index (χ0) is 12.6. The summed E-state index contributed by atoms with van der Waals surface area (Å²) < 4.78 is 25.5. The van der Waals surface area contributed by atoms with Crippen LogP contribution in [0.4, 0.5) is 0 Å². The monoisotopic (exact) mass is 256 g/mol. The Morgan fingerprint density at radius 1 is 1.41 bits per heavy atom. The third kappa shape index (κ3) is 2.50. The van der Waals surface area contributed by atoms with E-state index < -0.39 is 10.0 Å². The molecule has 2 aromatic heterocycles. The number of aryl methyl sites for hydroxylation is 2. The van der Waals surface area contributed by atoms with E-state index >= 15 is 0 Å². The first-order valence-electron chi connectivity index (χ1n) is 4.78. The van der Waals surface area contributed by atoms with Gasteiger partial charge in [-0.05, 0) is 6.92 Å². The number of rotatable bonds is 3. The second kappa shape index (κ2) is 3.93. The average Bonchev–Trinajstić information content (AvgIpc) is 2.74. The van der Waals surface area contributed by atoms with Gasteiger partial charge in [0.05, 0.1) is 6.54 Å². The van der Waals surface area contributed by atoms with Crippen molar-refractivity contribution >= 4 is 10.0 Å². The molecule has 0 amide bonds. The van der Waals surface area contributed by atoms with Crippen molar-refractivity contribution < 1.29 is 8.42 Å². The van der Waals surface area contributed by atoms with Crippen LogP contribution in [0.25, 0.3) is 0 Å². The molecular formula is C8H12N6O2S.